The van der Waals surface area contributed by atoms with Crippen LogP contribution in [0.15, 0.2) is 18.2 Å². The third-order valence-electron chi connectivity index (χ3n) is 3.31. The lowest BCUT2D eigenvalue weighted by atomic mass is 9.91. The van der Waals surface area contributed by atoms with Gasteiger partial charge in [0.2, 0.25) is 5.91 Å². The first-order chi connectivity index (χ1) is 8.59. The minimum atomic E-state index is -1.01. The van der Waals surface area contributed by atoms with E-state index in [9.17, 15) is 13.6 Å². The van der Waals surface area contributed by atoms with E-state index in [2.05, 4.69) is 10.6 Å². The molecule has 1 aromatic rings. The number of hydrogen-bond acceptors (Lipinski definition) is 2. The maximum atomic E-state index is 13.4. The molecular formula is C13H16F2N2O. The van der Waals surface area contributed by atoms with Gasteiger partial charge < -0.3 is 10.6 Å². The molecule has 1 saturated heterocycles. The smallest absolute Gasteiger partial charge is 0.229 e. The zero-order chi connectivity index (χ0) is 13.1. The molecule has 1 aliphatic rings. The molecule has 2 atom stereocenters. The Morgan fingerprint density at radius 1 is 1.44 bits per heavy atom. The Kier molecular flexibility index (Phi) is 3.91. The lowest BCUT2D eigenvalue weighted by Crippen LogP contribution is -2.44. The molecule has 1 fully saturated rings. The second-order valence-electron chi connectivity index (χ2n) is 4.58. The lowest BCUT2D eigenvalue weighted by molar-refractivity contribution is -0.121. The molecule has 2 unspecified atom stereocenters. The van der Waals surface area contributed by atoms with Gasteiger partial charge in [0.05, 0.1) is 11.6 Å². The van der Waals surface area contributed by atoms with Gasteiger partial charge in [-0.2, -0.15) is 0 Å². The molecule has 0 spiro atoms. The van der Waals surface area contributed by atoms with Gasteiger partial charge in [-0.1, -0.05) is 6.07 Å². The van der Waals surface area contributed by atoms with Crippen LogP contribution in [-0.2, 0) is 4.79 Å². The Hall–Kier alpha value is -1.49. The molecule has 0 aliphatic carbocycles. The monoisotopic (exact) mass is 254 g/mol. The molecule has 0 saturated carbocycles. The summed E-state index contributed by atoms with van der Waals surface area (Å²) in [6.45, 7) is 2.81. The van der Waals surface area contributed by atoms with Crippen molar-refractivity contribution in [3.05, 3.63) is 29.8 Å². The van der Waals surface area contributed by atoms with Gasteiger partial charge in [-0.3, -0.25) is 4.79 Å². The fourth-order valence-electron chi connectivity index (χ4n) is 2.23. The third kappa shape index (κ3) is 2.67. The van der Waals surface area contributed by atoms with E-state index >= 15 is 0 Å². The molecule has 0 aromatic heterocycles. The van der Waals surface area contributed by atoms with Gasteiger partial charge in [-0.25, -0.2) is 8.78 Å². The van der Waals surface area contributed by atoms with E-state index in [1.54, 1.807) is 0 Å². The van der Waals surface area contributed by atoms with Gasteiger partial charge in [0, 0.05) is 6.04 Å². The van der Waals surface area contributed by atoms with Crippen LogP contribution in [0.5, 0.6) is 0 Å². The number of nitrogens with one attached hydrogen (secondary N) is 2. The standard InChI is InChI=1S/C13H16F2N2O/c1-8-9(4-3-7-16-8)13(18)17-11-6-2-5-10(14)12(11)15/h2,5-6,8-9,16H,3-4,7H2,1H3,(H,17,18). The number of hydrogen-bond donors (Lipinski definition) is 2. The van der Waals surface area contributed by atoms with Crippen molar-refractivity contribution < 1.29 is 13.6 Å². The highest BCUT2D eigenvalue weighted by Gasteiger charge is 2.28. The highest BCUT2D eigenvalue weighted by molar-refractivity contribution is 5.93. The summed E-state index contributed by atoms with van der Waals surface area (Å²) < 4.78 is 26.4. The first-order valence-corrected chi connectivity index (χ1v) is 6.08. The molecule has 1 aliphatic heterocycles. The summed E-state index contributed by atoms with van der Waals surface area (Å²) >= 11 is 0. The van der Waals surface area contributed by atoms with Crippen molar-refractivity contribution in [2.75, 3.05) is 11.9 Å². The zero-order valence-electron chi connectivity index (χ0n) is 10.2. The van der Waals surface area contributed by atoms with Gasteiger partial charge in [-0.05, 0) is 38.4 Å². The first kappa shape index (κ1) is 13.0. The van der Waals surface area contributed by atoms with Crippen LogP contribution in [0.3, 0.4) is 0 Å². The molecule has 2 rings (SSSR count). The quantitative estimate of drug-likeness (QED) is 0.850. The van der Waals surface area contributed by atoms with Gasteiger partial charge >= 0.3 is 0 Å². The van der Waals surface area contributed by atoms with Crippen molar-refractivity contribution in [2.45, 2.75) is 25.8 Å². The highest BCUT2D eigenvalue weighted by Crippen LogP contribution is 2.21. The van der Waals surface area contributed by atoms with E-state index in [1.165, 1.54) is 12.1 Å². The van der Waals surface area contributed by atoms with Crippen LogP contribution in [0.2, 0.25) is 0 Å². The topological polar surface area (TPSA) is 41.1 Å². The van der Waals surface area contributed by atoms with Crippen LogP contribution in [0.4, 0.5) is 14.5 Å². The summed E-state index contributed by atoms with van der Waals surface area (Å²) in [6.07, 6.45) is 1.67. The summed E-state index contributed by atoms with van der Waals surface area (Å²) in [7, 11) is 0. The van der Waals surface area contributed by atoms with Crippen molar-refractivity contribution in [3.63, 3.8) is 0 Å². The molecule has 98 valence electrons. The summed E-state index contributed by atoms with van der Waals surface area (Å²) in [5, 5.41) is 5.65. The van der Waals surface area contributed by atoms with Crippen LogP contribution < -0.4 is 10.6 Å². The number of rotatable bonds is 2. The van der Waals surface area contributed by atoms with Gasteiger partial charge in [0.1, 0.15) is 0 Å². The maximum absolute atomic E-state index is 13.4. The number of amides is 1. The molecular weight excluding hydrogens is 238 g/mol. The van der Waals surface area contributed by atoms with Crippen molar-refractivity contribution in [3.8, 4) is 0 Å². The predicted octanol–water partition coefficient (Wildman–Crippen LogP) is 2.29. The van der Waals surface area contributed by atoms with E-state index in [1.807, 2.05) is 6.92 Å². The lowest BCUT2D eigenvalue weighted by Gasteiger charge is -2.28. The van der Waals surface area contributed by atoms with E-state index in [4.69, 9.17) is 0 Å². The minimum Gasteiger partial charge on any atom is -0.323 e. The molecule has 1 amide bonds. The SMILES string of the molecule is CC1NCCCC1C(=O)Nc1cccc(F)c1F. The number of piperidine rings is 1. The van der Waals surface area contributed by atoms with Crippen LogP contribution in [0.25, 0.3) is 0 Å². The van der Waals surface area contributed by atoms with E-state index in [0.717, 1.165) is 25.5 Å². The molecule has 0 bridgehead atoms. The molecule has 3 nitrogen and oxygen atoms in total. The number of benzene rings is 1. The molecule has 5 heteroatoms. The normalized spacial score (nSPS) is 23.7. The minimum absolute atomic E-state index is 0.0513. The molecule has 1 aromatic carbocycles. The van der Waals surface area contributed by atoms with E-state index < -0.39 is 11.6 Å². The Balaban J connectivity index is 2.09. The summed E-state index contributed by atoms with van der Waals surface area (Å²) in [6, 6.07) is 3.80. The largest absolute Gasteiger partial charge is 0.323 e. The van der Waals surface area contributed by atoms with Crippen LogP contribution >= 0.6 is 0 Å². The molecule has 18 heavy (non-hydrogen) atoms. The maximum Gasteiger partial charge on any atom is 0.229 e. The number of halogens is 2. The fraction of sp³-hybridized carbons (Fsp3) is 0.462. The first-order valence-electron chi connectivity index (χ1n) is 6.08. The molecule has 2 N–H and O–H groups in total. The van der Waals surface area contributed by atoms with E-state index in [0.29, 0.717) is 0 Å². The Labute approximate surface area is 105 Å². The Morgan fingerprint density at radius 3 is 2.94 bits per heavy atom. The van der Waals surface area contributed by atoms with Gasteiger partial charge in [0.15, 0.2) is 11.6 Å². The average molecular weight is 254 g/mol. The predicted molar refractivity (Wildman–Crippen MR) is 65.2 cm³/mol. The molecule has 0 radical (unpaired) electrons. The van der Waals surface area contributed by atoms with Crippen LogP contribution in [-0.4, -0.2) is 18.5 Å². The molecule has 1 heterocycles. The van der Waals surface area contributed by atoms with Crippen LogP contribution in [0.1, 0.15) is 19.8 Å². The zero-order valence-corrected chi connectivity index (χ0v) is 10.2. The number of anilines is 1. The number of carbonyl (C=O) groups excluding carboxylic acids is 1. The second-order valence-corrected chi connectivity index (χ2v) is 4.58. The van der Waals surface area contributed by atoms with Crippen molar-refractivity contribution >= 4 is 11.6 Å². The van der Waals surface area contributed by atoms with Gasteiger partial charge in [0.25, 0.3) is 0 Å². The van der Waals surface area contributed by atoms with Crippen molar-refractivity contribution in [1.29, 1.82) is 0 Å². The summed E-state index contributed by atoms with van der Waals surface area (Å²) in [5.74, 6) is -2.44. The highest BCUT2D eigenvalue weighted by atomic mass is 19.2. The Bertz CT molecular complexity index is 451. The van der Waals surface area contributed by atoms with Crippen molar-refractivity contribution in [2.24, 2.45) is 5.92 Å². The Morgan fingerprint density at radius 2 is 2.22 bits per heavy atom. The van der Waals surface area contributed by atoms with Crippen molar-refractivity contribution in [1.82, 2.24) is 5.32 Å². The number of carbonyl (C=O) groups is 1. The van der Waals surface area contributed by atoms with E-state index in [-0.39, 0.29) is 23.6 Å². The summed E-state index contributed by atoms with van der Waals surface area (Å²) in [5.41, 5.74) is -0.0993. The van der Waals surface area contributed by atoms with Crippen LogP contribution in [0, 0.1) is 17.6 Å². The third-order valence-corrected chi connectivity index (χ3v) is 3.31. The second kappa shape index (κ2) is 5.44. The average Bonchev–Trinajstić information content (AvgIpc) is 2.35. The summed E-state index contributed by atoms with van der Waals surface area (Å²) in [4.78, 5) is 12.0. The fourth-order valence-corrected chi connectivity index (χ4v) is 2.23. The van der Waals surface area contributed by atoms with Gasteiger partial charge in [-0.15, -0.1) is 0 Å².